The Balaban J connectivity index is 1.73. The van der Waals surface area contributed by atoms with E-state index in [1.807, 2.05) is 0 Å². The van der Waals surface area contributed by atoms with Gasteiger partial charge in [0, 0.05) is 12.8 Å². The summed E-state index contributed by atoms with van der Waals surface area (Å²) in [6.07, 6.45) is 36.4. The van der Waals surface area contributed by atoms with Gasteiger partial charge in [0.1, 0.15) is 55.4 Å². The van der Waals surface area contributed by atoms with E-state index in [1.54, 1.807) is 0 Å². The summed E-state index contributed by atoms with van der Waals surface area (Å²) in [5.41, 5.74) is 0. The SMILES string of the molecule is CCCCCCCC/C=C/CCCCCCCCCC(=O)OC[C@H](CO[C@H]1O[C@@H](CO[C@H]2O[C@@H](CO)[C@@H](O)C(O)C2O)[C@@H](O)C(O)C1O)OC(=O)CCC/C=C/CCCCCCCCCCCCCCCCCCCC. The molecule has 446 valence electrons. The summed E-state index contributed by atoms with van der Waals surface area (Å²) in [5.74, 6) is -0.955. The second kappa shape index (κ2) is 47.8. The highest BCUT2D eigenvalue weighted by molar-refractivity contribution is 5.70. The van der Waals surface area contributed by atoms with Crippen LogP contribution in [0.1, 0.15) is 258 Å². The monoisotopic (exact) mass is 1080 g/mol. The van der Waals surface area contributed by atoms with E-state index in [0.29, 0.717) is 19.3 Å². The van der Waals surface area contributed by atoms with Crippen LogP contribution in [-0.2, 0) is 38.0 Å². The van der Waals surface area contributed by atoms with E-state index in [4.69, 9.17) is 28.4 Å². The summed E-state index contributed by atoms with van der Waals surface area (Å²) in [4.78, 5) is 25.9. The lowest BCUT2D eigenvalue weighted by atomic mass is 9.98. The minimum Gasteiger partial charge on any atom is -0.462 e. The van der Waals surface area contributed by atoms with Crippen molar-refractivity contribution in [3.05, 3.63) is 24.3 Å². The molecule has 0 amide bonds. The molecule has 0 aromatic rings. The van der Waals surface area contributed by atoms with Crippen molar-refractivity contribution in [1.82, 2.24) is 0 Å². The number of aliphatic hydroxyl groups excluding tert-OH is 7. The Bertz CT molecular complexity index is 1410. The Morgan fingerprint density at radius 3 is 1.20 bits per heavy atom. The zero-order valence-corrected chi connectivity index (χ0v) is 47.8. The molecule has 76 heavy (non-hydrogen) atoms. The molecule has 0 spiro atoms. The fourth-order valence-corrected chi connectivity index (χ4v) is 9.87. The van der Waals surface area contributed by atoms with Crippen molar-refractivity contribution in [3.8, 4) is 0 Å². The van der Waals surface area contributed by atoms with Crippen LogP contribution in [0.3, 0.4) is 0 Å². The molecule has 7 N–H and O–H groups in total. The molecular weight excluding hydrogens is 973 g/mol. The van der Waals surface area contributed by atoms with Crippen LogP contribution in [0.15, 0.2) is 24.3 Å². The van der Waals surface area contributed by atoms with Crippen molar-refractivity contribution in [1.29, 1.82) is 0 Å². The molecule has 2 heterocycles. The first kappa shape index (κ1) is 70.1. The first-order chi connectivity index (χ1) is 37.0. The molecule has 2 fully saturated rings. The van der Waals surface area contributed by atoms with E-state index in [1.165, 1.54) is 173 Å². The Labute approximate surface area is 460 Å². The smallest absolute Gasteiger partial charge is 0.306 e. The number of carbonyl (C=O) groups excluding carboxylic acids is 2. The molecule has 0 aromatic carbocycles. The summed E-state index contributed by atoms with van der Waals surface area (Å²) in [6, 6.07) is 0. The van der Waals surface area contributed by atoms with Crippen LogP contribution in [0, 0.1) is 0 Å². The van der Waals surface area contributed by atoms with E-state index in [0.717, 1.165) is 38.5 Å². The fourth-order valence-electron chi connectivity index (χ4n) is 9.87. The molecule has 15 nitrogen and oxygen atoms in total. The quantitative estimate of drug-likeness (QED) is 0.0171. The van der Waals surface area contributed by atoms with Crippen molar-refractivity contribution < 1.29 is 73.8 Å². The van der Waals surface area contributed by atoms with Gasteiger partial charge < -0.3 is 64.2 Å². The molecular formula is C61H112O15. The number of rotatable bonds is 50. The summed E-state index contributed by atoms with van der Waals surface area (Å²) < 4.78 is 33.7. The normalized spacial score (nSPS) is 24.4. The van der Waals surface area contributed by atoms with E-state index >= 15 is 0 Å². The van der Waals surface area contributed by atoms with E-state index in [-0.39, 0.29) is 19.4 Å². The Morgan fingerprint density at radius 2 is 0.763 bits per heavy atom. The molecule has 0 bridgehead atoms. The lowest BCUT2D eigenvalue weighted by Crippen LogP contribution is -2.61. The van der Waals surface area contributed by atoms with Crippen LogP contribution < -0.4 is 0 Å². The maximum absolute atomic E-state index is 13.1. The van der Waals surface area contributed by atoms with Gasteiger partial charge in [-0.05, 0) is 57.8 Å². The van der Waals surface area contributed by atoms with Crippen molar-refractivity contribution in [2.75, 3.05) is 26.4 Å². The van der Waals surface area contributed by atoms with Gasteiger partial charge in [-0.2, -0.15) is 0 Å². The zero-order valence-electron chi connectivity index (χ0n) is 47.8. The second-order valence-electron chi connectivity index (χ2n) is 21.9. The predicted octanol–water partition coefficient (Wildman–Crippen LogP) is 11.1. The molecule has 15 heteroatoms. The molecule has 11 atom stereocenters. The molecule has 0 saturated carbocycles. The van der Waals surface area contributed by atoms with Crippen LogP contribution in [0.25, 0.3) is 0 Å². The Morgan fingerprint density at radius 1 is 0.408 bits per heavy atom. The highest BCUT2D eigenvalue weighted by Gasteiger charge is 2.47. The fraction of sp³-hybridized carbons (Fsp3) is 0.902. The third-order valence-corrected chi connectivity index (χ3v) is 14.9. The third kappa shape index (κ3) is 34.2. The van der Waals surface area contributed by atoms with Gasteiger partial charge in [-0.1, -0.05) is 212 Å². The number of allylic oxidation sites excluding steroid dienone is 4. The number of hydrogen-bond donors (Lipinski definition) is 7. The summed E-state index contributed by atoms with van der Waals surface area (Å²) >= 11 is 0. The minimum absolute atomic E-state index is 0.120. The van der Waals surface area contributed by atoms with Gasteiger partial charge in [0.2, 0.25) is 0 Å². The number of ether oxygens (including phenoxy) is 6. The van der Waals surface area contributed by atoms with E-state index in [9.17, 15) is 45.3 Å². The number of carbonyl (C=O) groups is 2. The number of aliphatic hydroxyl groups is 7. The number of unbranched alkanes of at least 4 members (excludes halogenated alkanes) is 32. The van der Waals surface area contributed by atoms with Crippen LogP contribution in [0.4, 0.5) is 0 Å². The van der Waals surface area contributed by atoms with Gasteiger partial charge >= 0.3 is 11.9 Å². The maximum atomic E-state index is 13.1. The van der Waals surface area contributed by atoms with Gasteiger partial charge in [0.25, 0.3) is 0 Å². The average Bonchev–Trinajstić information content (AvgIpc) is 3.42. The van der Waals surface area contributed by atoms with Crippen LogP contribution in [-0.4, -0.2) is 142 Å². The summed E-state index contributed by atoms with van der Waals surface area (Å²) in [5, 5.41) is 72.3. The van der Waals surface area contributed by atoms with Gasteiger partial charge in [-0.3, -0.25) is 9.59 Å². The standard InChI is InChI=1S/C61H112O15/c1-3-5-7-9-11-13-15-17-19-21-22-23-24-25-26-28-30-32-34-36-38-40-42-44-53(64)74-49(46-71-52(63)43-41-39-37-35-33-31-29-27-20-18-16-14-12-10-8-6-4-2)47-72-60-59(70)57(68)55(66)51(76-60)48-73-61-58(69)56(67)54(65)50(45-62)75-61/h18,20,36,38,49-51,54-62,65-70H,3-17,19,21-35,37,39-48H2,1-2H3/b20-18+,38-36+/t49-,50+,51+,54-,55-,56?,57?,58?,59?,60+,61+/m1/s1. The zero-order chi connectivity index (χ0) is 55.3. The van der Waals surface area contributed by atoms with E-state index in [2.05, 4.69) is 38.2 Å². The van der Waals surface area contributed by atoms with Crippen molar-refractivity contribution in [3.63, 3.8) is 0 Å². The summed E-state index contributed by atoms with van der Waals surface area (Å²) in [7, 11) is 0. The largest absolute Gasteiger partial charge is 0.462 e. The molecule has 0 aliphatic carbocycles. The topological polar surface area (TPSA) is 231 Å². The van der Waals surface area contributed by atoms with Crippen molar-refractivity contribution in [2.45, 2.75) is 325 Å². The minimum atomic E-state index is -1.77. The molecule has 2 saturated heterocycles. The van der Waals surface area contributed by atoms with Crippen molar-refractivity contribution in [2.24, 2.45) is 0 Å². The van der Waals surface area contributed by atoms with Gasteiger partial charge in [0.05, 0.1) is 19.8 Å². The molecule has 2 aliphatic heterocycles. The Hall–Kier alpha value is -2.02. The number of hydrogen-bond acceptors (Lipinski definition) is 15. The molecule has 0 aromatic heterocycles. The highest BCUT2D eigenvalue weighted by atomic mass is 16.7. The highest BCUT2D eigenvalue weighted by Crippen LogP contribution is 2.27. The molecule has 0 radical (unpaired) electrons. The maximum Gasteiger partial charge on any atom is 0.306 e. The first-order valence-electron chi connectivity index (χ1n) is 30.9. The van der Waals surface area contributed by atoms with Gasteiger partial charge in [-0.25, -0.2) is 0 Å². The molecule has 2 aliphatic rings. The van der Waals surface area contributed by atoms with Crippen LogP contribution >= 0.6 is 0 Å². The lowest BCUT2D eigenvalue weighted by molar-refractivity contribution is -0.332. The average molecular weight is 1090 g/mol. The van der Waals surface area contributed by atoms with Crippen molar-refractivity contribution >= 4 is 11.9 Å². The predicted molar refractivity (Wildman–Crippen MR) is 298 cm³/mol. The molecule has 2 rings (SSSR count). The first-order valence-corrected chi connectivity index (χ1v) is 30.9. The van der Waals surface area contributed by atoms with Gasteiger partial charge in [0.15, 0.2) is 18.7 Å². The third-order valence-electron chi connectivity index (χ3n) is 14.9. The Kier molecular flexibility index (Phi) is 44.0. The van der Waals surface area contributed by atoms with Crippen LogP contribution in [0.5, 0.6) is 0 Å². The second-order valence-corrected chi connectivity index (χ2v) is 21.9. The molecule has 4 unspecified atom stereocenters. The summed E-state index contributed by atoms with van der Waals surface area (Å²) in [6.45, 7) is 2.61. The van der Waals surface area contributed by atoms with E-state index < -0.39 is 99.3 Å². The number of esters is 2. The van der Waals surface area contributed by atoms with Gasteiger partial charge in [-0.15, -0.1) is 0 Å². The lowest BCUT2D eigenvalue weighted by Gasteiger charge is -2.42. The van der Waals surface area contributed by atoms with Crippen LogP contribution in [0.2, 0.25) is 0 Å².